The summed E-state index contributed by atoms with van der Waals surface area (Å²) in [6.07, 6.45) is 8.48. The Balaban J connectivity index is 1.34. The van der Waals surface area contributed by atoms with Crippen molar-refractivity contribution in [2.75, 3.05) is 38.4 Å². The minimum Gasteiger partial charge on any atom is -0.462 e. The number of rotatable bonds is 8. The second-order valence-corrected chi connectivity index (χ2v) is 8.91. The second-order valence-electron chi connectivity index (χ2n) is 8.91. The number of nitrogens with one attached hydrogen (secondary N) is 1. The number of carbonyl (C=O) groups is 2. The highest BCUT2D eigenvalue weighted by molar-refractivity contribution is 5.78. The zero-order valence-corrected chi connectivity index (χ0v) is 21.0. The molecule has 198 valence electrons. The number of methoxy groups -OCH3 is 1. The molecule has 2 unspecified atom stereocenters. The highest BCUT2D eigenvalue weighted by Gasteiger charge is 2.33. The minimum atomic E-state index is -0.430. The number of hydrogen-bond acceptors (Lipinski definition) is 9. The lowest BCUT2D eigenvalue weighted by atomic mass is 10.0. The molecule has 1 N–H and O–H groups in total. The number of nitrogens with zero attached hydrogens (tertiary/aromatic N) is 6. The lowest BCUT2D eigenvalue weighted by Crippen LogP contribution is -2.56. The highest BCUT2D eigenvalue weighted by atomic mass is 16.7. The van der Waals surface area contributed by atoms with E-state index in [0.717, 1.165) is 5.56 Å². The Hall–Kier alpha value is -4.61. The molecule has 12 heteroatoms. The minimum absolute atomic E-state index is 0.119. The lowest BCUT2D eigenvalue weighted by molar-refractivity contribution is -0.122. The van der Waals surface area contributed by atoms with Crippen molar-refractivity contribution in [2.45, 2.75) is 24.9 Å². The maximum atomic E-state index is 13.4. The molecule has 0 aliphatic carbocycles. The quantitative estimate of drug-likeness (QED) is 0.475. The number of amides is 2. The molecule has 2 aliphatic rings. The van der Waals surface area contributed by atoms with Crippen molar-refractivity contribution in [1.29, 1.82) is 0 Å². The number of aromatic nitrogens is 4. The van der Waals surface area contributed by atoms with Crippen molar-refractivity contribution >= 4 is 17.8 Å². The van der Waals surface area contributed by atoms with Crippen LogP contribution in [0, 0.1) is 0 Å². The first kappa shape index (κ1) is 25.1. The summed E-state index contributed by atoms with van der Waals surface area (Å²) in [5.74, 6) is 1.50. The van der Waals surface area contributed by atoms with Gasteiger partial charge in [-0.05, 0) is 11.6 Å². The van der Waals surface area contributed by atoms with E-state index in [9.17, 15) is 9.59 Å². The van der Waals surface area contributed by atoms with Gasteiger partial charge in [0.15, 0.2) is 5.76 Å². The highest BCUT2D eigenvalue weighted by Crippen LogP contribution is 2.23. The van der Waals surface area contributed by atoms with Crippen LogP contribution in [0.5, 0.6) is 0 Å². The van der Waals surface area contributed by atoms with Gasteiger partial charge in [0, 0.05) is 51.1 Å². The van der Waals surface area contributed by atoms with Crippen molar-refractivity contribution in [2.24, 2.45) is 0 Å². The van der Waals surface area contributed by atoms with E-state index in [2.05, 4.69) is 15.3 Å². The fourth-order valence-electron chi connectivity index (χ4n) is 4.60. The molecule has 2 amide bonds. The summed E-state index contributed by atoms with van der Waals surface area (Å²) in [6, 6.07) is 10.9. The Morgan fingerprint density at radius 1 is 1.18 bits per heavy atom. The third-order valence-corrected chi connectivity index (χ3v) is 6.45. The first-order chi connectivity index (χ1) is 18.6. The van der Waals surface area contributed by atoms with Gasteiger partial charge in [-0.2, -0.15) is 4.98 Å². The summed E-state index contributed by atoms with van der Waals surface area (Å²) in [5, 5.41) is 3.10. The molecule has 2 aliphatic heterocycles. The molecule has 1 saturated heterocycles. The number of ether oxygens (including phenoxy) is 3. The van der Waals surface area contributed by atoms with Crippen LogP contribution in [0.1, 0.15) is 12.0 Å². The standard InChI is InChI=1S/C26H29N7O5/c1-36-26(35)31-11-12-33(23-7-8-28-25(30-23)32-10-9-27-17-32)20(15-31)14-24(34)29-21(22-16-37-18-38-22)13-19-5-3-2-4-6-19/h2-10,16-17,20-21H,11-15,18H2,1H3,(H,29,34). The molecule has 0 radical (unpaired) electrons. The zero-order valence-electron chi connectivity index (χ0n) is 21.0. The van der Waals surface area contributed by atoms with Crippen LogP contribution in [0.2, 0.25) is 0 Å². The first-order valence-corrected chi connectivity index (χ1v) is 12.3. The smallest absolute Gasteiger partial charge is 0.409 e. The fraction of sp³-hybridized carbons (Fsp3) is 0.346. The summed E-state index contributed by atoms with van der Waals surface area (Å²) in [6.45, 7) is 1.33. The van der Waals surface area contributed by atoms with E-state index in [1.165, 1.54) is 13.4 Å². The van der Waals surface area contributed by atoms with Crippen LogP contribution in [0.15, 0.2) is 73.3 Å². The Labute approximate surface area is 219 Å². The van der Waals surface area contributed by atoms with Crippen LogP contribution < -0.4 is 10.2 Å². The van der Waals surface area contributed by atoms with E-state index >= 15 is 0 Å². The molecule has 2 atom stereocenters. The van der Waals surface area contributed by atoms with Gasteiger partial charge in [-0.15, -0.1) is 0 Å². The Morgan fingerprint density at radius 3 is 2.79 bits per heavy atom. The monoisotopic (exact) mass is 519 g/mol. The summed E-state index contributed by atoms with van der Waals surface area (Å²) in [7, 11) is 1.35. The molecule has 38 heavy (non-hydrogen) atoms. The molecule has 3 aromatic rings. The first-order valence-electron chi connectivity index (χ1n) is 12.3. The van der Waals surface area contributed by atoms with E-state index < -0.39 is 12.1 Å². The molecule has 2 aromatic heterocycles. The molecule has 0 spiro atoms. The maximum Gasteiger partial charge on any atom is 0.409 e. The number of imidazole rings is 1. The van der Waals surface area contributed by atoms with Gasteiger partial charge in [-0.3, -0.25) is 9.36 Å². The number of piperazine rings is 1. The SMILES string of the molecule is COC(=O)N1CCN(c2ccnc(-n3ccnc3)n2)C(CC(=O)NC(Cc2ccccc2)C2=COCO2)C1. The van der Waals surface area contributed by atoms with Crippen molar-refractivity contribution in [1.82, 2.24) is 29.7 Å². The van der Waals surface area contributed by atoms with Crippen molar-refractivity contribution in [3.63, 3.8) is 0 Å². The Morgan fingerprint density at radius 2 is 2.05 bits per heavy atom. The van der Waals surface area contributed by atoms with Gasteiger partial charge >= 0.3 is 6.09 Å². The summed E-state index contributed by atoms with van der Waals surface area (Å²) in [5.41, 5.74) is 1.05. The van der Waals surface area contributed by atoms with Gasteiger partial charge in [-0.1, -0.05) is 30.3 Å². The number of anilines is 1. The van der Waals surface area contributed by atoms with Crippen molar-refractivity contribution in [3.05, 3.63) is 78.9 Å². The van der Waals surface area contributed by atoms with E-state index in [-0.39, 0.29) is 25.2 Å². The largest absolute Gasteiger partial charge is 0.462 e. The van der Waals surface area contributed by atoms with Crippen LogP contribution in [-0.2, 0) is 25.4 Å². The molecule has 0 bridgehead atoms. The summed E-state index contributed by atoms with van der Waals surface area (Å²) >= 11 is 0. The number of hydrogen-bond donors (Lipinski definition) is 1. The van der Waals surface area contributed by atoms with E-state index in [0.29, 0.717) is 43.6 Å². The Bertz CT molecular complexity index is 1270. The number of benzene rings is 1. The predicted molar refractivity (Wildman–Crippen MR) is 136 cm³/mol. The molecule has 5 rings (SSSR count). The summed E-state index contributed by atoms with van der Waals surface area (Å²) < 4.78 is 17.5. The third kappa shape index (κ3) is 5.85. The van der Waals surface area contributed by atoms with Crippen LogP contribution in [0.25, 0.3) is 5.95 Å². The Kier molecular flexibility index (Phi) is 7.67. The third-order valence-electron chi connectivity index (χ3n) is 6.45. The molecule has 1 aromatic carbocycles. The lowest BCUT2D eigenvalue weighted by Gasteiger charge is -2.41. The summed E-state index contributed by atoms with van der Waals surface area (Å²) in [4.78, 5) is 42.4. The molecule has 4 heterocycles. The topological polar surface area (TPSA) is 124 Å². The van der Waals surface area contributed by atoms with Gasteiger partial charge in [-0.25, -0.2) is 14.8 Å². The molecule has 0 saturated carbocycles. The van der Waals surface area contributed by atoms with Crippen LogP contribution in [0.4, 0.5) is 10.6 Å². The maximum absolute atomic E-state index is 13.4. The van der Waals surface area contributed by atoms with Crippen LogP contribution in [-0.4, -0.2) is 82.0 Å². The fourth-order valence-corrected chi connectivity index (χ4v) is 4.60. The van der Waals surface area contributed by atoms with Crippen LogP contribution in [0.3, 0.4) is 0 Å². The van der Waals surface area contributed by atoms with Gasteiger partial charge < -0.3 is 29.3 Å². The van der Waals surface area contributed by atoms with Crippen molar-refractivity contribution < 1.29 is 23.8 Å². The molecule has 12 nitrogen and oxygen atoms in total. The van der Waals surface area contributed by atoms with Gasteiger partial charge in [0.2, 0.25) is 18.6 Å². The average Bonchev–Trinajstić information content (AvgIpc) is 3.68. The normalized spacial score (nSPS) is 17.7. The molecular formula is C26H29N7O5. The predicted octanol–water partition coefficient (Wildman–Crippen LogP) is 1.88. The van der Waals surface area contributed by atoms with Gasteiger partial charge in [0.05, 0.1) is 19.2 Å². The second kappa shape index (κ2) is 11.6. The zero-order chi connectivity index (χ0) is 26.3. The van der Waals surface area contributed by atoms with E-state index in [1.807, 2.05) is 35.2 Å². The molecular weight excluding hydrogens is 490 g/mol. The van der Waals surface area contributed by atoms with E-state index in [1.54, 1.807) is 40.5 Å². The van der Waals surface area contributed by atoms with Crippen LogP contribution >= 0.6 is 0 Å². The van der Waals surface area contributed by atoms with Gasteiger partial charge in [0.25, 0.3) is 0 Å². The van der Waals surface area contributed by atoms with E-state index in [4.69, 9.17) is 19.2 Å². The molecule has 1 fully saturated rings. The average molecular weight is 520 g/mol. The number of carbonyl (C=O) groups excluding carboxylic acids is 2. The van der Waals surface area contributed by atoms with Crippen molar-refractivity contribution in [3.8, 4) is 5.95 Å². The van der Waals surface area contributed by atoms with Gasteiger partial charge in [0.1, 0.15) is 18.4 Å².